The van der Waals surface area contributed by atoms with Gasteiger partial charge in [-0.15, -0.1) is 0 Å². The number of hydrogen-bond donors (Lipinski definition) is 1. The topological polar surface area (TPSA) is 21.3 Å². The Labute approximate surface area is 111 Å². The molecule has 1 aliphatic carbocycles. The Morgan fingerprint density at radius 2 is 1.94 bits per heavy atom. The fourth-order valence-electron chi connectivity index (χ4n) is 2.96. The molecular formula is C16H25NO. The van der Waals surface area contributed by atoms with Crippen LogP contribution in [0.2, 0.25) is 0 Å². The molecule has 2 rings (SSSR count). The Morgan fingerprint density at radius 3 is 2.44 bits per heavy atom. The van der Waals surface area contributed by atoms with Gasteiger partial charge in [-0.05, 0) is 63.3 Å². The zero-order chi connectivity index (χ0) is 13.2. The lowest BCUT2D eigenvalue weighted by Gasteiger charge is -2.25. The van der Waals surface area contributed by atoms with Crippen molar-refractivity contribution in [1.29, 1.82) is 0 Å². The number of ether oxygens (including phenoxy) is 1. The summed E-state index contributed by atoms with van der Waals surface area (Å²) in [7, 11) is 2.07. The summed E-state index contributed by atoms with van der Waals surface area (Å²) < 4.78 is 5.69. The predicted molar refractivity (Wildman–Crippen MR) is 76.3 cm³/mol. The molecule has 0 heterocycles. The molecule has 0 spiro atoms. The van der Waals surface area contributed by atoms with Crippen molar-refractivity contribution in [2.45, 2.75) is 57.6 Å². The van der Waals surface area contributed by atoms with Crippen molar-refractivity contribution in [1.82, 2.24) is 5.32 Å². The summed E-state index contributed by atoms with van der Waals surface area (Å²) in [6.07, 6.45) is 4.01. The van der Waals surface area contributed by atoms with Gasteiger partial charge in [-0.2, -0.15) is 0 Å². The Hall–Kier alpha value is -1.02. The van der Waals surface area contributed by atoms with Gasteiger partial charge in [0, 0.05) is 6.04 Å². The third-order valence-electron chi connectivity index (χ3n) is 4.07. The van der Waals surface area contributed by atoms with Crippen LogP contribution in [0.3, 0.4) is 0 Å². The van der Waals surface area contributed by atoms with Gasteiger partial charge in [-0.1, -0.05) is 19.1 Å². The van der Waals surface area contributed by atoms with E-state index in [0.717, 1.165) is 5.75 Å². The zero-order valence-corrected chi connectivity index (χ0v) is 12.0. The van der Waals surface area contributed by atoms with Crippen molar-refractivity contribution in [2.24, 2.45) is 0 Å². The molecule has 0 bridgehead atoms. The van der Waals surface area contributed by atoms with Gasteiger partial charge in [0.15, 0.2) is 0 Å². The molecule has 1 aliphatic rings. The highest BCUT2D eigenvalue weighted by Crippen LogP contribution is 2.41. The van der Waals surface area contributed by atoms with Crippen LogP contribution in [0.25, 0.3) is 0 Å². The first-order valence-electron chi connectivity index (χ1n) is 6.98. The van der Waals surface area contributed by atoms with E-state index >= 15 is 0 Å². The monoisotopic (exact) mass is 247 g/mol. The van der Waals surface area contributed by atoms with Crippen molar-refractivity contribution < 1.29 is 4.74 Å². The van der Waals surface area contributed by atoms with E-state index in [1.165, 1.54) is 24.8 Å². The van der Waals surface area contributed by atoms with Gasteiger partial charge in [0.05, 0.1) is 6.10 Å². The van der Waals surface area contributed by atoms with Crippen LogP contribution in [0.15, 0.2) is 24.3 Å². The summed E-state index contributed by atoms with van der Waals surface area (Å²) in [5, 5.41) is 3.40. The first kappa shape index (κ1) is 13.4. The second-order valence-corrected chi connectivity index (χ2v) is 5.98. The minimum absolute atomic E-state index is 0.242. The number of benzene rings is 1. The van der Waals surface area contributed by atoms with Gasteiger partial charge in [0.1, 0.15) is 5.75 Å². The maximum atomic E-state index is 5.69. The second kappa shape index (κ2) is 5.31. The fraction of sp³-hybridized carbons (Fsp3) is 0.625. The summed E-state index contributed by atoms with van der Waals surface area (Å²) in [5.41, 5.74) is 1.76. The molecule has 2 unspecified atom stereocenters. The van der Waals surface area contributed by atoms with Crippen molar-refractivity contribution in [3.8, 4) is 5.75 Å². The Kier molecular flexibility index (Phi) is 3.96. The maximum absolute atomic E-state index is 5.69. The van der Waals surface area contributed by atoms with Gasteiger partial charge in [0.2, 0.25) is 0 Å². The summed E-state index contributed by atoms with van der Waals surface area (Å²) in [4.78, 5) is 0. The smallest absolute Gasteiger partial charge is 0.119 e. The largest absolute Gasteiger partial charge is 0.491 e. The Bertz CT molecular complexity index is 385. The molecule has 0 aliphatic heterocycles. The normalized spacial score (nSPS) is 27.7. The molecule has 0 radical (unpaired) electrons. The molecule has 0 saturated heterocycles. The van der Waals surface area contributed by atoms with E-state index in [0.29, 0.717) is 11.5 Å². The van der Waals surface area contributed by atoms with Gasteiger partial charge >= 0.3 is 0 Å². The average Bonchev–Trinajstić information content (AvgIpc) is 2.72. The second-order valence-electron chi connectivity index (χ2n) is 5.98. The third kappa shape index (κ3) is 2.86. The van der Waals surface area contributed by atoms with Crippen LogP contribution in [0.5, 0.6) is 5.75 Å². The van der Waals surface area contributed by atoms with E-state index in [9.17, 15) is 0 Å². The van der Waals surface area contributed by atoms with Gasteiger partial charge in [-0.3, -0.25) is 0 Å². The molecule has 18 heavy (non-hydrogen) atoms. The molecule has 1 fully saturated rings. The summed E-state index contributed by atoms with van der Waals surface area (Å²) in [6, 6.07) is 9.34. The van der Waals surface area contributed by atoms with E-state index < -0.39 is 0 Å². The molecule has 1 aromatic rings. The van der Waals surface area contributed by atoms with Crippen LogP contribution in [-0.2, 0) is 5.41 Å². The van der Waals surface area contributed by atoms with Crippen molar-refractivity contribution >= 4 is 0 Å². The lowest BCUT2D eigenvalue weighted by atomic mass is 9.81. The quantitative estimate of drug-likeness (QED) is 0.879. The van der Waals surface area contributed by atoms with E-state index in [2.05, 4.69) is 57.4 Å². The highest BCUT2D eigenvalue weighted by atomic mass is 16.5. The molecule has 1 saturated carbocycles. The van der Waals surface area contributed by atoms with E-state index in [-0.39, 0.29) is 6.10 Å². The first-order chi connectivity index (χ1) is 8.53. The van der Waals surface area contributed by atoms with Gasteiger partial charge in [0.25, 0.3) is 0 Å². The summed E-state index contributed by atoms with van der Waals surface area (Å²) in [6.45, 7) is 6.50. The van der Waals surface area contributed by atoms with Gasteiger partial charge < -0.3 is 10.1 Å². The van der Waals surface area contributed by atoms with Crippen LogP contribution in [0, 0.1) is 0 Å². The minimum atomic E-state index is 0.242. The number of hydrogen-bond acceptors (Lipinski definition) is 2. The lowest BCUT2D eigenvalue weighted by molar-refractivity contribution is 0.242. The summed E-state index contributed by atoms with van der Waals surface area (Å²) in [5.74, 6) is 0.973. The van der Waals surface area contributed by atoms with Crippen LogP contribution >= 0.6 is 0 Å². The lowest BCUT2D eigenvalue weighted by Crippen LogP contribution is -2.25. The predicted octanol–water partition coefficient (Wildman–Crippen LogP) is 3.50. The molecule has 2 heteroatoms. The number of nitrogens with one attached hydrogen (secondary N) is 1. The Morgan fingerprint density at radius 1 is 1.28 bits per heavy atom. The highest BCUT2D eigenvalue weighted by molar-refractivity contribution is 5.33. The molecule has 2 nitrogen and oxygen atoms in total. The standard InChI is InChI=1S/C16H25NO/c1-12(2)18-15-7-5-13(6-8-15)16(3)10-9-14(11-16)17-4/h5-8,12,14,17H,9-11H2,1-4H3. The molecular weight excluding hydrogens is 222 g/mol. The molecule has 0 amide bonds. The number of rotatable bonds is 4. The van der Waals surface area contributed by atoms with Crippen LogP contribution in [0.4, 0.5) is 0 Å². The molecule has 2 atom stereocenters. The van der Waals surface area contributed by atoms with Crippen molar-refractivity contribution in [2.75, 3.05) is 7.05 Å². The molecule has 0 aromatic heterocycles. The van der Waals surface area contributed by atoms with Crippen molar-refractivity contribution in [3.63, 3.8) is 0 Å². The Balaban J connectivity index is 2.10. The third-order valence-corrected chi connectivity index (χ3v) is 4.07. The van der Waals surface area contributed by atoms with Gasteiger partial charge in [-0.25, -0.2) is 0 Å². The van der Waals surface area contributed by atoms with Crippen LogP contribution < -0.4 is 10.1 Å². The van der Waals surface area contributed by atoms with Crippen molar-refractivity contribution in [3.05, 3.63) is 29.8 Å². The molecule has 1 N–H and O–H groups in total. The van der Waals surface area contributed by atoms with Crippen LogP contribution in [0.1, 0.15) is 45.6 Å². The summed E-state index contributed by atoms with van der Waals surface area (Å²) >= 11 is 0. The van der Waals surface area contributed by atoms with E-state index in [1.54, 1.807) is 0 Å². The zero-order valence-electron chi connectivity index (χ0n) is 12.0. The van der Waals surface area contributed by atoms with E-state index in [4.69, 9.17) is 4.74 Å². The maximum Gasteiger partial charge on any atom is 0.119 e. The van der Waals surface area contributed by atoms with Crippen LogP contribution in [-0.4, -0.2) is 19.2 Å². The minimum Gasteiger partial charge on any atom is -0.491 e. The highest BCUT2D eigenvalue weighted by Gasteiger charge is 2.35. The average molecular weight is 247 g/mol. The first-order valence-corrected chi connectivity index (χ1v) is 6.98. The molecule has 100 valence electrons. The fourth-order valence-corrected chi connectivity index (χ4v) is 2.96. The SMILES string of the molecule is CNC1CCC(C)(c2ccc(OC(C)C)cc2)C1. The van der Waals surface area contributed by atoms with E-state index in [1.807, 2.05) is 0 Å². The molecule has 1 aromatic carbocycles.